The van der Waals surface area contributed by atoms with Gasteiger partial charge in [0.05, 0.1) is 5.92 Å². The number of primary amides is 1. The van der Waals surface area contributed by atoms with Crippen LogP contribution in [0.3, 0.4) is 0 Å². The predicted octanol–water partition coefficient (Wildman–Crippen LogP) is 12.8. The first-order chi connectivity index (χ1) is 22.5. The average Bonchev–Trinajstić information content (AvgIpc) is 3.03. The zero-order chi connectivity index (χ0) is 33.8. The van der Waals surface area contributed by atoms with Crippen LogP contribution >= 0.6 is 0 Å². The zero-order valence-corrected chi connectivity index (χ0v) is 31.3. The van der Waals surface area contributed by atoms with Gasteiger partial charge in [-0.25, -0.2) is 0 Å². The lowest BCUT2D eigenvalue weighted by Gasteiger charge is -2.22. The Morgan fingerprint density at radius 2 is 0.826 bits per heavy atom. The third kappa shape index (κ3) is 32.4. The van der Waals surface area contributed by atoms with E-state index in [1.807, 2.05) is 6.92 Å². The largest absolute Gasteiger partial charge is 0.369 e. The molecule has 2 unspecified atom stereocenters. The topological polar surface area (TPSA) is 72.2 Å². The second-order valence-corrected chi connectivity index (χ2v) is 14.1. The van der Waals surface area contributed by atoms with Crippen molar-refractivity contribution in [3.63, 3.8) is 0 Å². The van der Waals surface area contributed by atoms with E-state index >= 15 is 0 Å². The Balaban J connectivity index is 3.68. The fourth-order valence-electron chi connectivity index (χ4n) is 6.39. The Labute approximate surface area is 288 Å². The van der Waals surface area contributed by atoms with Gasteiger partial charge in [-0.05, 0) is 71.1 Å². The van der Waals surface area contributed by atoms with Crippen LogP contribution in [0, 0.1) is 5.92 Å². The van der Waals surface area contributed by atoms with E-state index in [1.54, 1.807) is 0 Å². The molecule has 0 aliphatic rings. The van der Waals surface area contributed by atoms with Crippen molar-refractivity contribution in [3.8, 4) is 0 Å². The van der Waals surface area contributed by atoms with Gasteiger partial charge in [-0.3, -0.25) is 9.59 Å². The first-order valence-corrected chi connectivity index (χ1v) is 20.4. The molecule has 0 aromatic carbocycles. The summed E-state index contributed by atoms with van der Waals surface area (Å²) in [7, 11) is 0. The molecular formula is C42H80N2O2. The fourth-order valence-corrected chi connectivity index (χ4v) is 6.39. The molecule has 3 N–H and O–H groups in total. The van der Waals surface area contributed by atoms with Crippen LogP contribution < -0.4 is 11.1 Å². The van der Waals surface area contributed by atoms with E-state index < -0.39 is 0 Å². The van der Waals surface area contributed by atoms with Crippen LogP contribution in [0.4, 0.5) is 0 Å². The second kappa shape index (κ2) is 36.3. The van der Waals surface area contributed by atoms with E-state index in [2.05, 4.69) is 43.5 Å². The summed E-state index contributed by atoms with van der Waals surface area (Å²) >= 11 is 0. The number of carbonyl (C=O) groups excluding carboxylic acids is 2. The van der Waals surface area contributed by atoms with E-state index in [0.717, 1.165) is 32.1 Å². The number of nitrogens with one attached hydrogen (secondary N) is 1. The van der Waals surface area contributed by atoms with Gasteiger partial charge in [-0.2, -0.15) is 0 Å². The van der Waals surface area contributed by atoms with Crippen molar-refractivity contribution >= 4 is 11.8 Å². The molecule has 0 bridgehead atoms. The predicted molar refractivity (Wildman–Crippen MR) is 203 cm³/mol. The molecule has 2 atom stereocenters. The van der Waals surface area contributed by atoms with Crippen LogP contribution in [0.1, 0.15) is 220 Å². The number of nitrogens with two attached hydrogens (primary N) is 1. The van der Waals surface area contributed by atoms with Gasteiger partial charge in [-0.1, -0.05) is 167 Å². The molecule has 0 aromatic rings. The van der Waals surface area contributed by atoms with Gasteiger partial charge in [0.15, 0.2) is 0 Å². The molecular weight excluding hydrogens is 564 g/mol. The summed E-state index contributed by atoms with van der Waals surface area (Å²) in [5.74, 6) is -0.494. The molecule has 46 heavy (non-hydrogen) atoms. The Kier molecular flexibility index (Phi) is 35.0. The van der Waals surface area contributed by atoms with Crippen LogP contribution in [0.2, 0.25) is 0 Å². The SMILES string of the molecule is CCCCCCCC/C=C\CCCCCCCCCCC(C(N)=O)C(C)NC(=O)CCCCCCC/C=C\CCCCCCCC. The van der Waals surface area contributed by atoms with Crippen LogP contribution in [0.5, 0.6) is 0 Å². The van der Waals surface area contributed by atoms with E-state index in [0.29, 0.717) is 6.42 Å². The van der Waals surface area contributed by atoms with Crippen molar-refractivity contribution in [3.05, 3.63) is 24.3 Å². The van der Waals surface area contributed by atoms with Gasteiger partial charge in [-0.15, -0.1) is 0 Å². The molecule has 0 heterocycles. The molecule has 0 aliphatic carbocycles. The van der Waals surface area contributed by atoms with Gasteiger partial charge in [0.25, 0.3) is 0 Å². The molecule has 0 saturated carbocycles. The van der Waals surface area contributed by atoms with Gasteiger partial charge in [0, 0.05) is 12.5 Å². The number of hydrogen-bond acceptors (Lipinski definition) is 2. The van der Waals surface area contributed by atoms with Crippen LogP contribution in [-0.4, -0.2) is 17.9 Å². The van der Waals surface area contributed by atoms with Crippen molar-refractivity contribution in [2.75, 3.05) is 0 Å². The van der Waals surface area contributed by atoms with Crippen LogP contribution in [0.15, 0.2) is 24.3 Å². The third-order valence-corrected chi connectivity index (χ3v) is 9.55. The lowest BCUT2D eigenvalue weighted by molar-refractivity contribution is -0.125. The van der Waals surface area contributed by atoms with Gasteiger partial charge < -0.3 is 11.1 Å². The molecule has 0 radical (unpaired) electrons. The van der Waals surface area contributed by atoms with Crippen molar-refractivity contribution < 1.29 is 9.59 Å². The van der Waals surface area contributed by atoms with Gasteiger partial charge in [0.2, 0.25) is 11.8 Å². The van der Waals surface area contributed by atoms with E-state index in [1.165, 1.54) is 161 Å². The molecule has 0 saturated heterocycles. The Morgan fingerprint density at radius 3 is 1.20 bits per heavy atom. The molecule has 0 aliphatic heterocycles. The average molecular weight is 645 g/mol. The summed E-state index contributed by atoms with van der Waals surface area (Å²) in [6, 6.07) is -0.187. The zero-order valence-electron chi connectivity index (χ0n) is 31.3. The summed E-state index contributed by atoms with van der Waals surface area (Å²) in [6.45, 7) is 6.49. The molecule has 0 rings (SSSR count). The van der Waals surface area contributed by atoms with E-state index in [9.17, 15) is 9.59 Å². The summed E-state index contributed by atoms with van der Waals surface area (Å²) in [5, 5.41) is 3.07. The quantitative estimate of drug-likeness (QED) is 0.0526. The molecule has 2 amide bonds. The van der Waals surface area contributed by atoms with Crippen molar-refractivity contribution in [2.45, 2.75) is 226 Å². The molecule has 0 fully saturated rings. The molecule has 0 spiro atoms. The first-order valence-electron chi connectivity index (χ1n) is 20.4. The molecule has 270 valence electrons. The minimum atomic E-state index is -0.283. The summed E-state index contributed by atoms with van der Waals surface area (Å²) in [5.41, 5.74) is 5.73. The van der Waals surface area contributed by atoms with Crippen molar-refractivity contribution in [2.24, 2.45) is 11.7 Å². The highest BCUT2D eigenvalue weighted by Crippen LogP contribution is 2.17. The Bertz CT molecular complexity index is 716. The minimum absolute atomic E-state index is 0.0599. The first kappa shape index (κ1) is 44.4. The maximum Gasteiger partial charge on any atom is 0.222 e. The van der Waals surface area contributed by atoms with Crippen LogP contribution in [0.25, 0.3) is 0 Å². The molecule has 4 nitrogen and oxygen atoms in total. The Hall–Kier alpha value is -1.58. The smallest absolute Gasteiger partial charge is 0.222 e. The fraction of sp³-hybridized carbons (Fsp3) is 0.857. The van der Waals surface area contributed by atoms with Crippen molar-refractivity contribution in [1.29, 1.82) is 0 Å². The highest BCUT2D eigenvalue weighted by molar-refractivity contribution is 5.80. The third-order valence-electron chi connectivity index (χ3n) is 9.55. The maximum absolute atomic E-state index is 12.5. The molecule has 4 heteroatoms. The van der Waals surface area contributed by atoms with E-state index in [4.69, 9.17) is 5.73 Å². The summed E-state index contributed by atoms with van der Waals surface area (Å²) < 4.78 is 0. The van der Waals surface area contributed by atoms with Gasteiger partial charge >= 0.3 is 0 Å². The summed E-state index contributed by atoms with van der Waals surface area (Å²) in [4.78, 5) is 24.6. The second-order valence-electron chi connectivity index (χ2n) is 14.1. The lowest BCUT2D eigenvalue weighted by atomic mass is 9.93. The minimum Gasteiger partial charge on any atom is -0.369 e. The number of rotatable bonds is 36. The highest BCUT2D eigenvalue weighted by Gasteiger charge is 2.23. The number of amides is 2. The van der Waals surface area contributed by atoms with Crippen molar-refractivity contribution in [1.82, 2.24) is 5.32 Å². The van der Waals surface area contributed by atoms with Gasteiger partial charge in [0.1, 0.15) is 0 Å². The summed E-state index contributed by atoms with van der Waals surface area (Å²) in [6.07, 6.45) is 47.8. The lowest BCUT2D eigenvalue weighted by Crippen LogP contribution is -2.43. The number of carbonyl (C=O) groups is 2. The normalized spacial score (nSPS) is 13.1. The Morgan fingerprint density at radius 1 is 0.500 bits per heavy atom. The number of hydrogen-bond donors (Lipinski definition) is 2. The number of allylic oxidation sites excluding steroid dienone is 4. The van der Waals surface area contributed by atoms with Crippen LogP contribution in [-0.2, 0) is 9.59 Å². The highest BCUT2D eigenvalue weighted by atomic mass is 16.2. The maximum atomic E-state index is 12.5. The monoisotopic (exact) mass is 645 g/mol. The standard InChI is InChI=1S/C42H80N2O2/c1-4-6-8-10-12-14-16-18-20-21-22-24-25-27-29-31-33-35-37-40(42(43)46)39(3)44-41(45)38-36-34-32-30-28-26-23-19-17-15-13-11-9-7-5-2/h18-20,23,39-40H,4-17,21-22,24-38H2,1-3H3,(H2,43,46)(H,44,45)/b20-18-,23-19-. The van der Waals surface area contributed by atoms with E-state index in [-0.39, 0.29) is 23.8 Å². The molecule has 0 aromatic heterocycles. The number of unbranched alkanes of at least 4 members (excludes halogenated alkanes) is 25.